The molecule has 1 aliphatic rings. The van der Waals surface area contributed by atoms with Crippen LogP contribution < -0.4 is 16.4 Å². The molecule has 1 heterocycles. The van der Waals surface area contributed by atoms with Gasteiger partial charge in [0.15, 0.2) is 0 Å². The van der Waals surface area contributed by atoms with Gasteiger partial charge < -0.3 is 31.5 Å². The van der Waals surface area contributed by atoms with Crippen LogP contribution in [0.3, 0.4) is 0 Å². The minimum Gasteiger partial charge on any atom is -0.481 e. The standard InChI is InChI=1S/C18H30N4O7/c1-3-10(2)15(18(28)29)21-16(26)12-5-4-8-22(12)17(27)11(6-7-14(24)25)20-13(23)9-19/h10-12,15H,3-9,19H2,1-2H3,(H,20,23)(H,21,26)(H,24,25)(H,28,29). The number of likely N-dealkylation sites (tertiary alicyclic amines) is 1. The number of nitrogens with two attached hydrogens (primary N) is 1. The van der Waals surface area contributed by atoms with Gasteiger partial charge in [0.05, 0.1) is 6.54 Å². The highest BCUT2D eigenvalue weighted by Gasteiger charge is 2.39. The van der Waals surface area contributed by atoms with Crippen LogP contribution >= 0.6 is 0 Å². The van der Waals surface area contributed by atoms with E-state index >= 15 is 0 Å². The Kier molecular flexibility index (Phi) is 9.53. The molecule has 29 heavy (non-hydrogen) atoms. The fourth-order valence-corrected chi connectivity index (χ4v) is 3.21. The van der Waals surface area contributed by atoms with Crippen molar-refractivity contribution in [1.82, 2.24) is 15.5 Å². The first-order valence-electron chi connectivity index (χ1n) is 9.67. The van der Waals surface area contributed by atoms with Crippen LogP contribution in [0.2, 0.25) is 0 Å². The van der Waals surface area contributed by atoms with Crippen LogP contribution in [0.5, 0.6) is 0 Å². The summed E-state index contributed by atoms with van der Waals surface area (Å²) in [5.41, 5.74) is 5.26. The number of nitrogens with zero attached hydrogens (tertiary/aromatic N) is 1. The van der Waals surface area contributed by atoms with Crippen LogP contribution in [0, 0.1) is 5.92 Å². The Bertz CT molecular complexity index is 640. The summed E-state index contributed by atoms with van der Waals surface area (Å²) in [6, 6.07) is -3.08. The summed E-state index contributed by atoms with van der Waals surface area (Å²) < 4.78 is 0. The molecule has 6 N–H and O–H groups in total. The Balaban J connectivity index is 2.93. The van der Waals surface area contributed by atoms with Gasteiger partial charge in [-0.25, -0.2) is 4.79 Å². The van der Waals surface area contributed by atoms with Crippen molar-refractivity contribution in [3.05, 3.63) is 0 Å². The molecule has 0 bridgehead atoms. The second kappa shape index (κ2) is 11.3. The predicted molar refractivity (Wildman–Crippen MR) is 102 cm³/mol. The number of carbonyl (C=O) groups excluding carboxylic acids is 3. The molecule has 11 heteroatoms. The third kappa shape index (κ3) is 7.00. The number of carboxylic acids is 2. The lowest BCUT2D eigenvalue weighted by atomic mass is 9.98. The molecule has 0 saturated carbocycles. The number of carboxylic acid groups (broad SMARTS) is 2. The van der Waals surface area contributed by atoms with Gasteiger partial charge in [-0.1, -0.05) is 20.3 Å². The monoisotopic (exact) mass is 414 g/mol. The molecule has 11 nitrogen and oxygen atoms in total. The van der Waals surface area contributed by atoms with E-state index in [0.717, 1.165) is 0 Å². The molecule has 0 aromatic rings. The molecule has 1 aliphatic heterocycles. The highest BCUT2D eigenvalue weighted by atomic mass is 16.4. The van der Waals surface area contributed by atoms with Crippen LogP contribution in [0.15, 0.2) is 0 Å². The van der Waals surface area contributed by atoms with Gasteiger partial charge in [0.1, 0.15) is 18.1 Å². The van der Waals surface area contributed by atoms with E-state index in [1.807, 2.05) is 6.92 Å². The van der Waals surface area contributed by atoms with Crippen molar-refractivity contribution in [1.29, 1.82) is 0 Å². The number of carbonyl (C=O) groups is 5. The molecule has 164 valence electrons. The minimum atomic E-state index is -1.15. The molecule has 1 fully saturated rings. The highest BCUT2D eigenvalue weighted by Crippen LogP contribution is 2.20. The van der Waals surface area contributed by atoms with Crippen molar-refractivity contribution in [3.63, 3.8) is 0 Å². The van der Waals surface area contributed by atoms with Gasteiger partial charge in [-0.15, -0.1) is 0 Å². The van der Waals surface area contributed by atoms with Crippen LogP contribution in [0.1, 0.15) is 46.0 Å². The van der Waals surface area contributed by atoms with E-state index in [9.17, 15) is 29.1 Å². The van der Waals surface area contributed by atoms with E-state index in [2.05, 4.69) is 10.6 Å². The van der Waals surface area contributed by atoms with Gasteiger partial charge in [-0.05, 0) is 25.2 Å². The summed E-state index contributed by atoms with van der Waals surface area (Å²) in [7, 11) is 0. The van der Waals surface area contributed by atoms with Gasteiger partial charge in [0, 0.05) is 13.0 Å². The van der Waals surface area contributed by atoms with Crippen molar-refractivity contribution >= 4 is 29.7 Å². The van der Waals surface area contributed by atoms with Crippen LogP contribution in [-0.4, -0.2) is 76.0 Å². The summed E-state index contributed by atoms with van der Waals surface area (Å²) in [5.74, 6) is -4.35. The summed E-state index contributed by atoms with van der Waals surface area (Å²) in [4.78, 5) is 60.8. The maximum atomic E-state index is 12.9. The van der Waals surface area contributed by atoms with Crippen LogP contribution in [0.4, 0.5) is 0 Å². The summed E-state index contributed by atoms with van der Waals surface area (Å²) in [5, 5.41) is 23.2. The Morgan fingerprint density at radius 1 is 1.17 bits per heavy atom. The zero-order chi connectivity index (χ0) is 22.1. The van der Waals surface area contributed by atoms with Crippen molar-refractivity contribution in [2.24, 2.45) is 11.7 Å². The van der Waals surface area contributed by atoms with Crippen molar-refractivity contribution < 1.29 is 34.2 Å². The molecule has 0 aliphatic carbocycles. The Labute approximate surface area is 169 Å². The van der Waals surface area contributed by atoms with E-state index < -0.39 is 47.8 Å². The first-order chi connectivity index (χ1) is 13.6. The normalized spacial score (nSPS) is 19.1. The molecule has 4 atom stereocenters. The molecule has 3 amide bonds. The van der Waals surface area contributed by atoms with E-state index in [1.165, 1.54) is 4.90 Å². The zero-order valence-electron chi connectivity index (χ0n) is 16.7. The average molecular weight is 414 g/mol. The van der Waals surface area contributed by atoms with E-state index in [4.69, 9.17) is 10.8 Å². The number of rotatable bonds is 11. The maximum absolute atomic E-state index is 12.9. The SMILES string of the molecule is CCC(C)C(NC(=O)C1CCCN1C(=O)C(CCC(=O)O)NC(=O)CN)C(=O)O. The Morgan fingerprint density at radius 2 is 1.83 bits per heavy atom. The molecule has 4 unspecified atom stereocenters. The molecule has 1 rings (SSSR count). The van der Waals surface area contributed by atoms with Gasteiger partial charge in [-0.2, -0.15) is 0 Å². The zero-order valence-corrected chi connectivity index (χ0v) is 16.7. The smallest absolute Gasteiger partial charge is 0.326 e. The van der Waals surface area contributed by atoms with Crippen LogP contribution in [-0.2, 0) is 24.0 Å². The van der Waals surface area contributed by atoms with E-state index in [0.29, 0.717) is 19.3 Å². The minimum absolute atomic E-state index is 0.143. The lowest BCUT2D eigenvalue weighted by Crippen LogP contribution is -2.56. The number of nitrogens with one attached hydrogen (secondary N) is 2. The highest BCUT2D eigenvalue weighted by molar-refractivity contribution is 5.94. The molecule has 0 spiro atoms. The number of hydrogen-bond donors (Lipinski definition) is 5. The van der Waals surface area contributed by atoms with Crippen molar-refractivity contribution in [3.8, 4) is 0 Å². The first kappa shape index (κ1) is 24.3. The van der Waals surface area contributed by atoms with Gasteiger partial charge in [0.25, 0.3) is 0 Å². The molecule has 0 radical (unpaired) electrons. The Hall–Kier alpha value is -2.69. The van der Waals surface area contributed by atoms with E-state index in [1.54, 1.807) is 6.92 Å². The molecular weight excluding hydrogens is 384 g/mol. The summed E-state index contributed by atoms with van der Waals surface area (Å²) in [6.45, 7) is 3.41. The largest absolute Gasteiger partial charge is 0.481 e. The van der Waals surface area contributed by atoms with Crippen LogP contribution in [0.25, 0.3) is 0 Å². The molecule has 1 saturated heterocycles. The Morgan fingerprint density at radius 3 is 2.34 bits per heavy atom. The van der Waals surface area contributed by atoms with Crippen molar-refractivity contribution in [2.45, 2.75) is 64.1 Å². The number of aliphatic carboxylic acids is 2. The van der Waals surface area contributed by atoms with Gasteiger partial charge >= 0.3 is 11.9 Å². The predicted octanol–water partition coefficient (Wildman–Crippen LogP) is -1.10. The third-order valence-corrected chi connectivity index (χ3v) is 5.08. The summed E-state index contributed by atoms with van der Waals surface area (Å²) >= 11 is 0. The maximum Gasteiger partial charge on any atom is 0.326 e. The summed E-state index contributed by atoms with van der Waals surface area (Å²) in [6.07, 6.45) is 0.936. The third-order valence-electron chi connectivity index (χ3n) is 5.08. The number of amides is 3. The van der Waals surface area contributed by atoms with Gasteiger partial charge in [0.2, 0.25) is 17.7 Å². The molecule has 0 aromatic heterocycles. The average Bonchev–Trinajstić information content (AvgIpc) is 3.17. The number of hydrogen-bond acceptors (Lipinski definition) is 6. The lowest BCUT2D eigenvalue weighted by molar-refractivity contribution is -0.146. The fourth-order valence-electron chi connectivity index (χ4n) is 3.21. The second-order valence-corrected chi connectivity index (χ2v) is 7.16. The fraction of sp³-hybridized carbons (Fsp3) is 0.722. The van der Waals surface area contributed by atoms with Gasteiger partial charge in [-0.3, -0.25) is 19.2 Å². The molecular formula is C18H30N4O7. The van der Waals surface area contributed by atoms with Crippen molar-refractivity contribution in [2.75, 3.05) is 13.1 Å². The lowest BCUT2D eigenvalue weighted by Gasteiger charge is -2.30. The molecule has 0 aromatic carbocycles. The van der Waals surface area contributed by atoms with E-state index in [-0.39, 0.29) is 31.8 Å². The topological polar surface area (TPSA) is 179 Å². The second-order valence-electron chi connectivity index (χ2n) is 7.16. The first-order valence-corrected chi connectivity index (χ1v) is 9.67. The quantitative estimate of drug-likeness (QED) is 0.283.